The fourth-order valence-corrected chi connectivity index (χ4v) is 1.92. The lowest BCUT2D eigenvalue weighted by molar-refractivity contribution is 0.111. The second kappa shape index (κ2) is 5.41. The van der Waals surface area contributed by atoms with Crippen LogP contribution in [0.15, 0.2) is 30.3 Å². The first kappa shape index (κ1) is 14.2. The van der Waals surface area contributed by atoms with E-state index in [1.165, 1.54) is 5.56 Å². The summed E-state index contributed by atoms with van der Waals surface area (Å²) in [4.78, 5) is 10.6. The molecule has 0 spiro atoms. The van der Waals surface area contributed by atoms with Gasteiger partial charge in [0.25, 0.3) is 0 Å². The number of carbonyl (C=O) groups excluding carboxylic acids is 1. The molecule has 0 saturated carbocycles. The summed E-state index contributed by atoms with van der Waals surface area (Å²) >= 11 is 0. The molecule has 4 heteroatoms. The van der Waals surface area contributed by atoms with Crippen LogP contribution in [0.25, 0.3) is 11.3 Å². The molecular formula is C16H18N2O2. The van der Waals surface area contributed by atoms with Crippen LogP contribution in [-0.2, 0) is 5.41 Å². The van der Waals surface area contributed by atoms with Crippen molar-refractivity contribution in [3.05, 3.63) is 41.6 Å². The standard InChI is InChI=1S/C16H18N2O2/c1-16(2,3)11-5-8-15(20-4)13(9-11)14-7-6-12(10-19)17-18-14/h5-10H,1-4H3. The highest BCUT2D eigenvalue weighted by Crippen LogP contribution is 2.33. The second-order valence-corrected chi connectivity index (χ2v) is 5.63. The Morgan fingerprint density at radius 3 is 2.35 bits per heavy atom. The highest BCUT2D eigenvalue weighted by atomic mass is 16.5. The number of benzene rings is 1. The van der Waals surface area contributed by atoms with E-state index in [-0.39, 0.29) is 5.41 Å². The lowest BCUT2D eigenvalue weighted by Crippen LogP contribution is -2.11. The van der Waals surface area contributed by atoms with Crippen molar-refractivity contribution in [1.82, 2.24) is 10.2 Å². The number of nitrogens with zero attached hydrogens (tertiary/aromatic N) is 2. The Hall–Kier alpha value is -2.23. The first-order valence-electron chi connectivity index (χ1n) is 6.43. The molecular weight excluding hydrogens is 252 g/mol. The Labute approximate surface area is 118 Å². The van der Waals surface area contributed by atoms with Crippen molar-refractivity contribution >= 4 is 6.29 Å². The molecule has 1 heterocycles. The maximum Gasteiger partial charge on any atom is 0.170 e. The van der Waals surface area contributed by atoms with Crippen LogP contribution in [0.2, 0.25) is 0 Å². The molecule has 0 saturated heterocycles. The number of aromatic nitrogens is 2. The van der Waals surface area contributed by atoms with Gasteiger partial charge in [-0.1, -0.05) is 26.8 Å². The quantitative estimate of drug-likeness (QED) is 0.803. The highest BCUT2D eigenvalue weighted by molar-refractivity contribution is 5.73. The van der Waals surface area contributed by atoms with Gasteiger partial charge < -0.3 is 4.74 Å². The Kier molecular flexibility index (Phi) is 3.84. The zero-order chi connectivity index (χ0) is 14.8. The van der Waals surface area contributed by atoms with Gasteiger partial charge in [0.15, 0.2) is 6.29 Å². The molecule has 0 bridgehead atoms. The van der Waals surface area contributed by atoms with E-state index < -0.39 is 0 Å². The van der Waals surface area contributed by atoms with Gasteiger partial charge in [0.2, 0.25) is 0 Å². The molecule has 4 nitrogen and oxygen atoms in total. The third-order valence-corrected chi connectivity index (χ3v) is 3.15. The molecule has 0 fully saturated rings. The SMILES string of the molecule is COc1ccc(C(C)(C)C)cc1-c1ccc(C=O)nn1. The lowest BCUT2D eigenvalue weighted by Gasteiger charge is -2.20. The molecule has 0 aliphatic heterocycles. The maximum atomic E-state index is 10.6. The summed E-state index contributed by atoms with van der Waals surface area (Å²) in [6.07, 6.45) is 0.680. The Balaban J connectivity index is 2.54. The number of aldehydes is 1. The predicted octanol–water partition coefficient (Wildman–Crippen LogP) is 3.26. The van der Waals surface area contributed by atoms with Gasteiger partial charge in [-0.15, -0.1) is 10.2 Å². The molecule has 0 aliphatic carbocycles. The summed E-state index contributed by atoms with van der Waals surface area (Å²) in [6, 6.07) is 9.48. The van der Waals surface area contributed by atoms with Crippen LogP contribution < -0.4 is 4.74 Å². The molecule has 0 aliphatic rings. The number of hydrogen-bond acceptors (Lipinski definition) is 4. The van der Waals surface area contributed by atoms with E-state index in [9.17, 15) is 4.79 Å². The Bertz CT molecular complexity index is 613. The normalized spacial score (nSPS) is 11.2. The average molecular weight is 270 g/mol. The van der Waals surface area contributed by atoms with Gasteiger partial charge in [-0.25, -0.2) is 0 Å². The van der Waals surface area contributed by atoms with E-state index in [0.29, 0.717) is 17.7 Å². The first-order chi connectivity index (χ1) is 9.45. The molecule has 104 valence electrons. The monoisotopic (exact) mass is 270 g/mol. The minimum absolute atomic E-state index is 0.0389. The summed E-state index contributed by atoms with van der Waals surface area (Å²) < 4.78 is 5.39. The second-order valence-electron chi connectivity index (χ2n) is 5.63. The summed E-state index contributed by atoms with van der Waals surface area (Å²) in [6.45, 7) is 6.46. The fourth-order valence-electron chi connectivity index (χ4n) is 1.92. The largest absolute Gasteiger partial charge is 0.496 e. The smallest absolute Gasteiger partial charge is 0.170 e. The summed E-state index contributed by atoms with van der Waals surface area (Å²) in [5.74, 6) is 0.742. The molecule has 0 atom stereocenters. The van der Waals surface area contributed by atoms with Crippen LogP contribution in [0, 0.1) is 0 Å². The molecule has 0 amide bonds. The lowest BCUT2D eigenvalue weighted by atomic mass is 9.85. The van der Waals surface area contributed by atoms with Crippen molar-refractivity contribution in [2.75, 3.05) is 7.11 Å². The molecule has 0 unspecified atom stereocenters. The minimum atomic E-state index is 0.0389. The summed E-state index contributed by atoms with van der Waals surface area (Å²) in [5, 5.41) is 7.96. The Morgan fingerprint density at radius 2 is 1.85 bits per heavy atom. The summed E-state index contributed by atoms with van der Waals surface area (Å²) in [5.41, 5.74) is 3.12. The number of methoxy groups -OCH3 is 1. The topological polar surface area (TPSA) is 52.1 Å². The third kappa shape index (κ3) is 2.85. The van der Waals surface area contributed by atoms with E-state index in [0.717, 1.165) is 11.3 Å². The van der Waals surface area contributed by atoms with Gasteiger partial charge >= 0.3 is 0 Å². The van der Waals surface area contributed by atoms with Crippen molar-refractivity contribution in [3.63, 3.8) is 0 Å². The van der Waals surface area contributed by atoms with E-state index >= 15 is 0 Å². The molecule has 0 radical (unpaired) electrons. The maximum absolute atomic E-state index is 10.6. The number of ether oxygens (including phenoxy) is 1. The van der Waals surface area contributed by atoms with Crippen LogP contribution in [-0.4, -0.2) is 23.6 Å². The predicted molar refractivity (Wildman–Crippen MR) is 78.1 cm³/mol. The van der Waals surface area contributed by atoms with Crippen LogP contribution in [0.1, 0.15) is 36.8 Å². The van der Waals surface area contributed by atoms with Crippen LogP contribution in [0.5, 0.6) is 5.75 Å². The van der Waals surface area contributed by atoms with Crippen LogP contribution in [0.4, 0.5) is 0 Å². The first-order valence-corrected chi connectivity index (χ1v) is 6.43. The highest BCUT2D eigenvalue weighted by Gasteiger charge is 2.17. The van der Waals surface area contributed by atoms with Crippen molar-refractivity contribution in [3.8, 4) is 17.0 Å². The van der Waals surface area contributed by atoms with Gasteiger partial charge in [0, 0.05) is 5.56 Å². The van der Waals surface area contributed by atoms with Crippen molar-refractivity contribution < 1.29 is 9.53 Å². The zero-order valence-electron chi connectivity index (χ0n) is 12.2. The van der Waals surface area contributed by atoms with Gasteiger partial charge in [-0.3, -0.25) is 4.79 Å². The average Bonchev–Trinajstić information content (AvgIpc) is 2.45. The molecule has 0 N–H and O–H groups in total. The molecule has 2 rings (SSSR count). The van der Waals surface area contributed by atoms with Gasteiger partial charge in [0.05, 0.1) is 12.8 Å². The number of hydrogen-bond donors (Lipinski definition) is 0. The van der Waals surface area contributed by atoms with E-state index in [2.05, 4.69) is 43.1 Å². The van der Waals surface area contributed by atoms with Gasteiger partial charge in [0.1, 0.15) is 11.4 Å². The van der Waals surface area contributed by atoms with Crippen molar-refractivity contribution in [2.45, 2.75) is 26.2 Å². The molecule has 1 aromatic heterocycles. The van der Waals surface area contributed by atoms with Crippen LogP contribution in [0.3, 0.4) is 0 Å². The van der Waals surface area contributed by atoms with Crippen LogP contribution >= 0.6 is 0 Å². The van der Waals surface area contributed by atoms with E-state index in [1.807, 2.05) is 6.07 Å². The molecule has 2 aromatic rings. The van der Waals surface area contributed by atoms with Crippen molar-refractivity contribution in [2.24, 2.45) is 0 Å². The molecule has 1 aromatic carbocycles. The van der Waals surface area contributed by atoms with Crippen molar-refractivity contribution in [1.29, 1.82) is 0 Å². The Morgan fingerprint density at radius 1 is 1.10 bits per heavy atom. The van der Waals surface area contributed by atoms with E-state index in [4.69, 9.17) is 4.74 Å². The third-order valence-electron chi connectivity index (χ3n) is 3.15. The summed E-state index contributed by atoms with van der Waals surface area (Å²) in [7, 11) is 1.63. The molecule has 20 heavy (non-hydrogen) atoms. The van der Waals surface area contributed by atoms with Gasteiger partial charge in [-0.05, 0) is 35.2 Å². The zero-order valence-corrected chi connectivity index (χ0v) is 12.2. The number of carbonyl (C=O) groups is 1. The fraction of sp³-hybridized carbons (Fsp3) is 0.312. The minimum Gasteiger partial charge on any atom is -0.496 e. The van der Waals surface area contributed by atoms with E-state index in [1.54, 1.807) is 19.2 Å². The van der Waals surface area contributed by atoms with Gasteiger partial charge in [-0.2, -0.15) is 0 Å². The number of rotatable bonds is 3.